The van der Waals surface area contributed by atoms with Gasteiger partial charge in [-0.2, -0.15) is 0 Å². The van der Waals surface area contributed by atoms with E-state index in [-0.39, 0.29) is 5.41 Å². The zero-order valence-corrected chi connectivity index (χ0v) is 15.5. The molecule has 0 unspecified atom stereocenters. The number of hydrogen-bond acceptors (Lipinski definition) is 3. The topological polar surface area (TPSA) is 35.0 Å². The van der Waals surface area contributed by atoms with Crippen LogP contribution in [0.1, 0.15) is 37.9 Å². The van der Waals surface area contributed by atoms with Gasteiger partial charge in [0.1, 0.15) is 16.7 Å². The molecule has 0 fully saturated rings. The van der Waals surface area contributed by atoms with Crippen LogP contribution in [0.3, 0.4) is 0 Å². The first kappa shape index (κ1) is 16.5. The minimum Gasteiger partial charge on any atom is -0.496 e. The highest BCUT2D eigenvalue weighted by molar-refractivity contribution is 14.1. The van der Waals surface area contributed by atoms with Gasteiger partial charge in [0.05, 0.1) is 16.4 Å². The summed E-state index contributed by atoms with van der Waals surface area (Å²) in [5.41, 5.74) is 1.96. The predicted molar refractivity (Wildman–Crippen MR) is 94.3 cm³/mol. The Balaban J connectivity index is 2.44. The maximum atomic E-state index is 6.28. The number of rotatable bonds is 3. The first-order chi connectivity index (χ1) is 9.82. The normalized spacial score (nSPS) is 11.5. The molecule has 0 aliphatic carbocycles. The van der Waals surface area contributed by atoms with Gasteiger partial charge in [-0.25, -0.2) is 9.97 Å². The van der Waals surface area contributed by atoms with E-state index in [1.165, 1.54) is 0 Å². The van der Waals surface area contributed by atoms with E-state index in [0.717, 1.165) is 26.4 Å². The standard InChI is InChI=1S/C16H18ClIN2O/c1-16(2,3)14-13(18)15(17)20-12(19-14)9-10-7-5-6-8-11(10)21-4/h5-8H,9H2,1-4H3. The molecule has 0 N–H and O–H groups in total. The van der Waals surface area contributed by atoms with Crippen LogP contribution < -0.4 is 4.74 Å². The van der Waals surface area contributed by atoms with Crippen molar-refractivity contribution in [3.8, 4) is 5.75 Å². The molecule has 0 saturated carbocycles. The monoisotopic (exact) mass is 416 g/mol. The average Bonchev–Trinajstić information content (AvgIpc) is 2.42. The zero-order chi connectivity index (χ0) is 15.6. The molecule has 0 amide bonds. The Kier molecular flexibility index (Phi) is 5.09. The minimum atomic E-state index is -0.0708. The summed E-state index contributed by atoms with van der Waals surface area (Å²) in [7, 11) is 1.67. The first-order valence-corrected chi connectivity index (χ1v) is 8.13. The van der Waals surface area contributed by atoms with E-state index in [1.54, 1.807) is 7.11 Å². The van der Waals surface area contributed by atoms with E-state index in [9.17, 15) is 0 Å². The molecule has 2 aromatic rings. The molecule has 5 heteroatoms. The van der Waals surface area contributed by atoms with E-state index in [1.807, 2.05) is 24.3 Å². The molecular formula is C16H18ClIN2O. The third-order valence-corrected chi connectivity index (χ3v) is 4.72. The van der Waals surface area contributed by atoms with Gasteiger partial charge in [0.2, 0.25) is 0 Å². The molecule has 112 valence electrons. The maximum Gasteiger partial charge on any atom is 0.146 e. The van der Waals surface area contributed by atoms with Crippen LogP contribution in [-0.2, 0) is 11.8 Å². The molecule has 0 spiro atoms. The van der Waals surface area contributed by atoms with Crippen LogP contribution >= 0.6 is 34.2 Å². The fraction of sp³-hybridized carbons (Fsp3) is 0.375. The number of nitrogens with zero attached hydrogens (tertiary/aromatic N) is 2. The van der Waals surface area contributed by atoms with Gasteiger partial charge in [0.15, 0.2) is 0 Å². The second-order valence-electron chi connectivity index (χ2n) is 5.83. The zero-order valence-electron chi connectivity index (χ0n) is 12.6. The number of para-hydroxylation sites is 1. The van der Waals surface area contributed by atoms with Crippen molar-refractivity contribution < 1.29 is 4.74 Å². The highest BCUT2D eigenvalue weighted by atomic mass is 127. The van der Waals surface area contributed by atoms with Gasteiger partial charge in [0.25, 0.3) is 0 Å². The second-order valence-corrected chi connectivity index (χ2v) is 7.27. The number of halogens is 2. The van der Waals surface area contributed by atoms with Crippen molar-refractivity contribution in [2.24, 2.45) is 0 Å². The van der Waals surface area contributed by atoms with Gasteiger partial charge >= 0.3 is 0 Å². The summed E-state index contributed by atoms with van der Waals surface area (Å²) < 4.78 is 6.30. The maximum absolute atomic E-state index is 6.28. The third kappa shape index (κ3) is 3.86. The van der Waals surface area contributed by atoms with Gasteiger partial charge in [-0.3, -0.25) is 0 Å². The van der Waals surface area contributed by atoms with Crippen molar-refractivity contribution in [3.63, 3.8) is 0 Å². The minimum absolute atomic E-state index is 0.0708. The van der Waals surface area contributed by atoms with Gasteiger partial charge in [-0.15, -0.1) is 0 Å². The average molecular weight is 417 g/mol. The fourth-order valence-corrected chi connectivity index (χ4v) is 3.30. The molecule has 3 nitrogen and oxygen atoms in total. The fourth-order valence-electron chi connectivity index (χ4n) is 2.06. The molecule has 21 heavy (non-hydrogen) atoms. The Morgan fingerprint density at radius 1 is 1.19 bits per heavy atom. The van der Waals surface area contributed by atoms with Gasteiger partial charge in [0, 0.05) is 17.4 Å². The summed E-state index contributed by atoms with van der Waals surface area (Å²) in [6, 6.07) is 7.89. The van der Waals surface area contributed by atoms with E-state index in [4.69, 9.17) is 21.3 Å². The van der Waals surface area contributed by atoms with E-state index >= 15 is 0 Å². The molecule has 1 aromatic heterocycles. The molecule has 0 saturated heterocycles. The summed E-state index contributed by atoms with van der Waals surface area (Å²) in [5.74, 6) is 1.56. The van der Waals surface area contributed by atoms with Crippen LogP contribution in [0.15, 0.2) is 24.3 Å². The van der Waals surface area contributed by atoms with E-state index in [2.05, 4.69) is 48.3 Å². The van der Waals surface area contributed by atoms with Crippen LogP contribution in [-0.4, -0.2) is 17.1 Å². The first-order valence-electron chi connectivity index (χ1n) is 6.67. The number of methoxy groups -OCH3 is 1. The molecular weight excluding hydrogens is 399 g/mol. The summed E-state index contributed by atoms with van der Waals surface area (Å²) in [6.07, 6.45) is 0.601. The Labute approximate surface area is 144 Å². The predicted octanol–water partition coefficient (Wildman–Crippen LogP) is 4.63. The second kappa shape index (κ2) is 6.48. The molecule has 0 aliphatic rings. The molecule has 0 aliphatic heterocycles. The molecule has 2 rings (SSSR count). The van der Waals surface area contributed by atoms with E-state index in [0.29, 0.717) is 11.6 Å². The van der Waals surface area contributed by atoms with Gasteiger partial charge in [-0.1, -0.05) is 50.6 Å². The van der Waals surface area contributed by atoms with Crippen LogP contribution in [0.2, 0.25) is 5.15 Å². The van der Waals surface area contributed by atoms with Crippen LogP contribution in [0.5, 0.6) is 5.75 Å². The van der Waals surface area contributed by atoms with E-state index < -0.39 is 0 Å². The van der Waals surface area contributed by atoms with Gasteiger partial charge in [-0.05, 0) is 28.7 Å². The van der Waals surface area contributed by atoms with Crippen molar-refractivity contribution in [2.75, 3.05) is 7.11 Å². The van der Waals surface area contributed by atoms with Gasteiger partial charge < -0.3 is 4.74 Å². The quantitative estimate of drug-likeness (QED) is 0.540. The summed E-state index contributed by atoms with van der Waals surface area (Å²) in [5, 5.41) is 0.514. The van der Waals surface area contributed by atoms with Crippen molar-refractivity contribution in [2.45, 2.75) is 32.6 Å². The highest BCUT2D eigenvalue weighted by Gasteiger charge is 2.22. The summed E-state index contributed by atoms with van der Waals surface area (Å²) in [4.78, 5) is 9.13. The molecule has 0 atom stereocenters. The van der Waals surface area contributed by atoms with Crippen LogP contribution in [0.4, 0.5) is 0 Å². The number of benzene rings is 1. The SMILES string of the molecule is COc1ccccc1Cc1nc(Cl)c(I)c(C(C)(C)C)n1. The Bertz CT molecular complexity index is 653. The lowest BCUT2D eigenvalue weighted by Gasteiger charge is -2.20. The Morgan fingerprint density at radius 2 is 1.86 bits per heavy atom. The lowest BCUT2D eigenvalue weighted by molar-refractivity contribution is 0.410. The van der Waals surface area contributed by atoms with Crippen molar-refractivity contribution in [1.29, 1.82) is 0 Å². The third-order valence-electron chi connectivity index (χ3n) is 3.11. The lowest BCUT2D eigenvalue weighted by Crippen LogP contribution is -2.18. The van der Waals surface area contributed by atoms with Crippen LogP contribution in [0, 0.1) is 3.57 Å². The van der Waals surface area contributed by atoms with Crippen molar-refractivity contribution in [3.05, 3.63) is 50.1 Å². The summed E-state index contributed by atoms with van der Waals surface area (Å²) >= 11 is 8.49. The largest absolute Gasteiger partial charge is 0.496 e. The Hall–Kier alpha value is -0.880. The molecule has 0 radical (unpaired) electrons. The molecule has 0 bridgehead atoms. The smallest absolute Gasteiger partial charge is 0.146 e. The van der Waals surface area contributed by atoms with Crippen molar-refractivity contribution >= 4 is 34.2 Å². The number of aromatic nitrogens is 2. The number of hydrogen-bond donors (Lipinski definition) is 0. The summed E-state index contributed by atoms with van der Waals surface area (Å²) in [6.45, 7) is 6.38. The lowest BCUT2D eigenvalue weighted by atomic mass is 9.92. The molecule has 1 heterocycles. The Morgan fingerprint density at radius 3 is 2.48 bits per heavy atom. The highest BCUT2D eigenvalue weighted by Crippen LogP contribution is 2.30. The number of ether oxygens (including phenoxy) is 1. The van der Waals surface area contributed by atoms with Crippen molar-refractivity contribution in [1.82, 2.24) is 9.97 Å². The molecule has 1 aromatic carbocycles. The van der Waals surface area contributed by atoms with Crippen LogP contribution in [0.25, 0.3) is 0 Å².